The van der Waals surface area contributed by atoms with Crippen molar-refractivity contribution < 1.29 is 4.42 Å². The molecule has 7 aromatic carbocycles. The molecule has 0 fully saturated rings. The molecule has 0 saturated carbocycles. The Morgan fingerprint density at radius 1 is 0.435 bits per heavy atom. The van der Waals surface area contributed by atoms with Crippen LogP contribution in [0.5, 0.6) is 0 Å². The van der Waals surface area contributed by atoms with E-state index in [0.29, 0.717) is 0 Å². The van der Waals surface area contributed by atoms with Gasteiger partial charge in [0.25, 0.3) is 0 Å². The second-order valence-electron chi connectivity index (χ2n) is 11.7. The third kappa shape index (κ3) is 3.81. The molecule has 0 N–H and O–H groups in total. The van der Waals surface area contributed by atoms with Gasteiger partial charge in [-0.25, -0.2) is 0 Å². The molecule has 4 heteroatoms. The van der Waals surface area contributed by atoms with Crippen molar-refractivity contribution in [3.05, 3.63) is 152 Å². The minimum Gasteiger partial charge on any atom is -0.456 e. The van der Waals surface area contributed by atoms with Gasteiger partial charge in [0.05, 0.1) is 21.5 Å². The number of thiophene rings is 2. The van der Waals surface area contributed by atoms with Crippen LogP contribution in [0.3, 0.4) is 0 Å². The topological polar surface area (TPSA) is 16.4 Å². The lowest BCUT2D eigenvalue weighted by Crippen LogP contribution is -2.10. The molecule has 0 radical (unpaired) electrons. The number of fused-ring (bicyclic) bond motifs is 9. The van der Waals surface area contributed by atoms with Crippen molar-refractivity contribution >= 4 is 102 Å². The van der Waals surface area contributed by atoms with E-state index in [1.807, 2.05) is 28.7 Å². The number of benzene rings is 7. The molecule has 3 aromatic heterocycles. The number of rotatable bonds is 4. The number of hydrogen-bond acceptors (Lipinski definition) is 4. The molecule has 0 bridgehead atoms. The standard InChI is InChI=1S/C42H25NOS2/c1-2-11-26(12-3-1)28-15-8-16-31-32-17-9-19-35(42(32)46-41(28)31)43(27-23-24-30-29-13-5-7-22-38(29)45-39(30)25-27)34-18-10-21-37-40(34)33-14-4-6-20-36(33)44-37/h1-25H. The average molecular weight is 624 g/mol. The first-order valence-electron chi connectivity index (χ1n) is 15.4. The minimum atomic E-state index is 0.890. The van der Waals surface area contributed by atoms with Gasteiger partial charge in [-0.15, -0.1) is 22.7 Å². The number of nitrogens with zero attached hydrogens (tertiary/aromatic N) is 1. The number of para-hydroxylation sites is 1. The fourth-order valence-electron chi connectivity index (χ4n) is 7.03. The van der Waals surface area contributed by atoms with Crippen LogP contribution in [0.4, 0.5) is 17.1 Å². The average Bonchev–Trinajstić information content (AvgIpc) is 3.80. The molecule has 0 unspecified atom stereocenters. The Hall–Kier alpha value is -5.42. The lowest BCUT2D eigenvalue weighted by Gasteiger charge is -2.27. The smallest absolute Gasteiger partial charge is 0.137 e. The summed E-state index contributed by atoms with van der Waals surface area (Å²) in [5.41, 5.74) is 7.70. The Morgan fingerprint density at radius 3 is 2.02 bits per heavy atom. The summed E-state index contributed by atoms with van der Waals surface area (Å²) in [6, 6.07) is 54.6. The largest absolute Gasteiger partial charge is 0.456 e. The summed E-state index contributed by atoms with van der Waals surface area (Å²) in [6.07, 6.45) is 0. The molecule has 0 aliphatic heterocycles. The highest BCUT2D eigenvalue weighted by Gasteiger charge is 2.23. The first-order chi connectivity index (χ1) is 22.8. The molecule has 0 atom stereocenters. The van der Waals surface area contributed by atoms with Crippen LogP contribution in [0.1, 0.15) is 0 Å². The summed E-state index contributed by atoms with van der Waals surface area (Å²) in [7, 11) is 0. The maximum Gasteiger partial charge on any atom is 0.137 e. The van der Waals surface area contributed by atoms with Crippen molar-refractivity contribution in [1.29, 1.82) is 0 Å². The van der Waals surface area contributed by atoms with Crippen LogP contribution in [-0.2, 0) is 0 Å². The van der Waals surface area contributed by atoms with E-state index >= 15 is 0 Å². The van der Waals surface area contributed by atoms with E-state index in [4.69, 9.17) is 4.42 Å². The summed E-state index contributed by atoms with van der Waals surface area (Å²) in [5, 5.41) is 7.41. The van der Waals surface area contributed by atoms with Crippen molar-refractivity contribution in [1.82, 2.24) is 0 Å². The van der Waals surface area contributed by atoms with Gasteiger partial charge in [0.2, 0.25) is 0 Å². The van der Waals surface area contributed by atoms with Crippen molar-refractivity contribution in [2.45, 2.75) is 0 Å². The van der Waals surface area contributed by atoms with Gasteiger partial charge >= 0.3 is 0 Å². The van der Waals surface area contributed by atoms with Crippen molar-refractivity contribution in [3.63, 3.8) is 0 Å². The van der Waals surface area contributed by atoms with E-state index in [-0.39, 0.29) is 0 Å². The molecule has 0 aliphatic carbocycles. The predicted molar refractivity (Wildman–Crippen MR) is 200 cm³/mol. The third-order valence-electron chi connectivity index (χ3n) is 9.07. The normalized spacial score (nSPS) is 11.9. The Kier molecular flexibility index (Phi) is 5.65. The molecule has 46 heavy (non-hydrogen) atoms. The van der Waals surface area contributed by atoms with E-state index in [9.17, 15) is 0 Å². The maximum absolute atomic E-state index is 6.40. The summed E-state index contributed by atoms with van der Waals surface area (Å²) in [6.45, 7) is 0. The zero-order valence-corrected chi connectivity index (χ0v) is 26.2. The second kappa shape index (κ2) is 10.0. The first kappa shape index (κ1) is 25.9. The van der Waals surface area contributed by atoms with Crippen LogP contribution in [0.25, 0.3) is 73.4 Å². The van der Waals surface area contributed by atoms with Gasteiger partial charge in [-0.3, -0.25) is 0 Å². The monoisotopic (exact) mass is 623 g/mol. The molecule has 0 spiro atoms. The zero-order valence-electron chi connectivity index (χ0n) is 24.6. The Morgan fingerprint density at radius 2 is 1.11 bits per heavy atom. The van der Waals surface area contributed by atoms with Gasteiger partial charge in [-0.05, 0) is 53.6 Å². The lowest BCUT2D eigenvalue weighted by molar-refractivity contribution is 0.669. The Labute approximate surface area is 273 Å². The quantitative estimate of drug-likeness (QED) is 0.194. The van der Waals surface area contributed by atoms with E-state index in [1.54, 1.807) is 0 Å². The second-order valence-corrected chi connectivity index (χ2v) is 13.8. The van der Waals surface area contributed by atoms with Crippen molar-refractivity contribution in [3.8, 4) is 11.1 Å². The zero-order chi connectivity index (χ0) is 30.2. The molecule has 216 valence electrons. The van der Waals surface area contributed by atoms with Gasteiger partial charge in [0.1, 0.15) is 11.2 Å². The molecular weight excluding hydrogens is 599 g/mol. The van der Waals surface area contributed by atoms with E-state index in [0.717, 1.165) is 39.0 Å². The van der Waals surface area contributed by atoms with Crippen molar-refractivity contribution in [2.75, 3.05) is 4.90 Å². The third-order valence-corrected chi connectivity index (χ3v) is 11.5. The molecule has 0 saturated heterocycles. The van der Waals surface area contributed by atoms with E-state index in [2.05, 4.69) is 150 Å². The Bertz CT molecular complexity index is 2770. The van der Waals surface area contributed by atoms with Crippen LogP contribution < -0.4 is 4.90 Å². The fourth-order valence-corrected chi connectivity index (χ4v) is 9.51. The van der Waals surface area contributed by atoms with E-state index in [1.165, 1.54) is 51.5 Å². The van der Waals surface area contributed by atoms with Crippen LogP contribution in [0, 0.1) is 0 Å². The molecule has 0 amide bonds. The number of furan rings is 1. The molecule has 10 aromatic rings. The Balaban J connectivity index is 1.30. The molecule has 10 rings (SSSR count). The highest BCUT2D eigenvalue weighted by Crippen LogP contribution is 2.50. The minimum absolute atomic E-state index is 0.890. The molecule has 0 aliphatic rings. The van der Waals surface area contributed by atoms with Gasteiger partial charge in [-0.2, -0.15) is 0 Å². The van der Waals surface area contributed by atoms with E-state index < -0.39 is 0 Å². The van der Waals surface area contributed by atoms with Crippen LogP contribution >= 0.6 is 22.7 Å². The van der Waals surface area contributed by atoms with Crippen LogP contribution in [0.15, 0.2) is 156 Å². The molecule has 2 nitrogen and oxygen atoms in total. The van der Waals surface area contributed by atoms with Crippen LogP contribution in [-0.4, -0.2) is 0 Å². The fraction of sp³-hybridized carbons (Fsp3) is 0. The summed E-state index contributed by atoms with van der Waals surface area (Å²) >= 11 is 3.74. The lowest BCUT2D eigenvalue weighted by atomic mass is 10.0. The highest BCUT2D eigenvalue weighted by molar-refractivity contribution is 7.27. The summed E-state index contributed by atoms with van der Waals surface area (Å²) in [4.78, 5) is 2.45. The summed E-state index contributed by atoms with van der Waals surface area (Å²) in [5.74, 6) is 0. The van der Waals surface area contributed by atoms with Gasteiger partial charge in [-0.1, -0.05) is 109 Å². The van der Waals surface area contributed by atoms with Gasteiger partial charge in [0, 0.05) is 46.7 Å². The predicted octanol–water partition coefficient (Wildman–Crippen LogP) is 13.5. The van der Waals surface area contributed by atoms with Gasteiger partial charge in [0.15, 0.2) is 0 Å². The molecular formula is C42H25NOS2. The first-order valence-corrected chi connectivity index (χ1v) is 17.1. The van der Waals surface area contributed by atoms with Crippen molar-refractivity contribution in [2.24, 2.45) is 0 Å². The summed E-state index contributed by atoms with van der Waals surface area (Å²) < 4.78 is 11.6. The molecule has 3 heterocycles. The van der Waals surface area contributed by atoms with Crippen LogP contribution in [0.2, 0.25) is 0 Å². The highest BCUT2D eigenvalue weighted by atomic mass is 32.1. The SMILES string of the molecule is c1ccc(-c2cccc3c2sc2c(N(c4ccc5c(c4)sc4ccccc45)c4cccc5oc6ccccc6c45)cccc23)cc1. The maximum atomic E-state index is 6.40. The number of anilines is 3. The van der Waals surface area contributed by atoms with Gasteiger partial charge < -0.3 is 9.32 Å². The number of hydrogen-bond donors (Lipinski definition) is 0.